The number of carboxylic acids is 1. The van der Waals surface area contributed by atoms with Crippen LogP contribution in [0.2, 0.25) is 0 Å². The van der Waals surface area contributed by atoms with Crippen molar-refractivity contribution in [3.63, 3.8) is 0 Å². The van der Waals surface area contributed by atoms with Crippen LogP contribution in [0.4, 0.5) is 0 Å². The van der Waals surface area contributed by atoms with Crippen LogP contribution in [0, 0.1) is 5.92 Å². The number of pyridine rings is 1. The number of rotatable bonds is 2. The largest absolute Gasteiger partial charge is 0.477 e. The maximum Gasteiger partial charge on any atom is 0.354 e. The topological polar surface area (TPSA) is 70.5 Å². The Labute approximate surface area is 124 Å². The standard InChI is InChI=1S/C16H20N2O3/c1-10-8-11-4-2-3-5-14(11)18(10)15(19)12-6-7-13(16(20)21)17-9-12/h6-7,9-11,14H,2-5,8H2,1H3,(H,20,21). The van der Waals surface area contributed by atoms with E-state index in [1.807, 2.05) is 4.90 Å². The van der Waals surface area contributed by atoms with Gasteiger partial charge in [0.2, 0.25) is 0 Å². The normalized spacial score (nSPS) is 28.2. The number of nitrogens with zero attached hydrogens (tertiary/aromatic N) is 2. The van der Waals surface area contributed by atoms with Crippen LogP contribution in [0.3, 0.4) is 0 Å². The summed E-state index contributed by atoms with van der Waals surface area (Å²) < 4.78 is 0. The molecule has 0 radical (unpaired) electrons. The summed E-state index contributed by atoms with van der Waals surface area (Å²) in [5, 5.41) is 8.86. The monoisotopic (exact) mass is 288 g/mol. The summed E-state index contributed by atoms with van der Waals surface area (Å²) in [6.45, 7) is 2.11. The third kappa shape index (κ3) is 2.52. The van der Waals surface area contributed by atoms with E-state index in [2.05, 4.69) is 11.9 Å². The molecule has 5 heteroatoms. The van der Waals surface area contributed by atoms with E-state index in [0.29, 0.717) is 17.5 Å². The second-order valence-corrected chi connectivity index (χ2v) is 6.15. The zero-order valence-corrected chi connectivity index (χ0v) is 12.2. The minimum atomic E-state index is -1.07. The highest BCUT2D eigenvalue weighted by Gasteiger charge is 2.42. The molecular formula is C16H20N2O3. The van der Waals surface area contributed by atoms with Gasteiger partial charge in [0.05, 0.1) is 5.56 Å². The quantitative estimate of drug-likeness (QED) is 0.908. The molecule has 112 valence electrons. The predicted molar refractivity (Wildman–Crippen MR) is 77.2 cm³/mol. The van der Waals surface area contributed by atoms with Crippen LogP contribution >= 0.6 is 0 Å². The molecule has 3 unspecified atom stereocenters. The van der Waals surface area contributed by atoms with Crippen molar-refractivity contribution >= 4 is 11.9 Å². The van der Waals surface area contributed by atoms with Crippen molar-refractivity contribution in [2.45, 2.75) is 51.1 Å². The fourth-order valence-corrected chi connectivity index (χ4v) is 3.85. The van der Waals surface area contributed by atoms with Gasteiger partial charge in [0.1, 0.15) is 5.69 Å². The van der Waals surface area contributed by atoms with E-state index in [1.165, 1.54) is 31.5 Å². The zero-order valence-electron chi connectivity index (χ0n) is 12.2. The number of fused-ring (bicyclic) bond motifs is 1. The second kappa shape index (κ2) is 5.47. The molecule has 2 fully saturated rings. The Morgan fingerprint density at radius 1 is 1.29 bits per heavy atom. The number of likely N-dealkylation sites (tertiary alicyclic amines) is 1. The van der Waals surface area contributed by atoms with Crippen molar-refractivity contribution in [1.29, 1.82) is 0 Å². The summed E-state index contributed by atoms with van der Waals surface area (Å²) in [6.07, 6.45) is 7.22. The van der Waals surface area contributed by atoms with Crippen LogP contribution in [0.1, 0.15) is 59.9 Å². The van der Waals surface area contributed by atoms with Gasteiger partial charge in [-0.2, -0.15) is 0 Å². The zero-order chi connectivity index (χ0) is 15.0. The number of carbonyl (C=O) groups excluding carboxylic acids is 1. The summed E-state index contributed by atoms with van der Waals surface area (Å²) in [7, 11) is 0. The molecule has 1 aliphatic carbocycles. The summed E-state index contributed by atoms with van der Waals surface area (Å²) >= 11 is 0. The van der Waals surface area contributed by atoms with Gasteiger partial charge in [-0.1, -0.05) is 12.8 Å². The van der Waals surface area contributed by atoms with Gasteiger partial charge in [0.25, 0.3) is 5.91 Å². The van der Waals surface area contributed by atoms with E-state index >= 15 is 0 Å². The SMILES string of the molecule is CC1CC2CCCCC2N1C(=O)c1ccc(C(=O)O)nc1. The molecule has 3 rings (SSSR count). The molecule has 3 atom stereocenters. The third-order valence-electron chi connectivity index (χ3n) is 4.81. The van der Waals surface area contributed by atoms with Crippen molar-refractivity contribution < 1.29 is 14.7 Å². The van der Waals surface area contributed by atoms with Crippen LogP contribution in [-0.2, 0) is 0 Å². The molecule has 2 aliphatic rings. The second-order valence-electron chi connectivity index (χ2n) is 6.15. The molecule has 5 nitrogen and oxygen atoms in total. The molecule has 2 heterocycles. The first kappa shape index (κ1) is 14.0. The van der Waals surface area contributed by atoms with Gasteiger partial charge in [-0.15, -0.1) is 0 Å². The van der Waals surface area contributed by atoms with Gasteiger partial charge in [-0.25, -0.2) is 9.78 Å². The maximum absolute atomic E-state index is 12.7. The lowest BCUT2D eigenvalue weighted by molar-refractivity contribution is 0.0629. The Morgan fingerprint density at radius 2 is 2.05 bits per heavy atom. The summed E-state index contributed by atoms with van der Waals surface area (Å²) in [5.74, 6) is -0.457. The van der Waals surface area contributed by atoms with E-state index in [-0.39, 0.29) is 17.6 Å². The van der Waals surface area contributed by atoms with E-state index in [1.54, 1.807) is 6.07 Å². The maximum atomic E-state index is 12.7. The van der Waals surface area contributed by atoms with Crippen LogP contribution < -0.4 is 0 Å². The van der Waals surface area contributed by atoms with Crippen molar-refractivity contribution in [1.82, 2.24) is 9.88 Å². The average Bonchev–Trinajstić information content (AvgIpc) is 2.82. The summed E-state index contributed by atoms with van der Waals surface area (Å²) in [5.41, 5.74) is 0.453. The van der Waals surface area contributed by atoms with Gasteiger partial charge in [0, 0.05) is 18.3 Å². The molecule has 1 amide bonds. The van der Waals surface area contributed by atoms with E-state index in [4.69, 9.17) is 5.11 Å². The van der Waals surface area contributed by atoms with Gasteiger partial charge in [-0.3, -0.25) is 4.79 Å². The number of aromatic nitrogens is 1. The lowest BCUT2D eigenvalue weighted by Gasteiger charge is -2.33. The number of carboxylic acid groups (broad SMARTS) is 1. The number of aromatic carboxylic acids is 1. The lowest BCUT2D eigenvalue weighted by Crippen LogP contribution is -2.42. The number of hydrogen-bond acceptors (Lipinski definition) is 3. The third-order valence-corrected chi connectivity index (χ3v) is 4.81. The van der Waals surface area contributed by atoms with Gasteiger partial charge >= 0.3 is 5.97 Å². The molecule has 0 bridgehead atoms. The highest BCUT2D eigenvalue weighted by molar-refractivity contribution is 5.95. The van der Waals surface area contributed by atoms with Gasteiger partial charge in [-0.05, 0) is 44.2 Å². The Bertz CT molecular complexity index is 555. The fourth-order valence-electron chi connectivity index (χ4n) is 3.85. The van der Waals surface area contributed by atoms with Gasteiger partial charge in [0.15, 0.2) is 0 Å². The van der Waals surface area contributed by atoms with Crippen molar-refractivity contribution in [2.75, 3.05) is 0 Å². The van der Waals surface area contributed by atoms with Crippen LogP contribution in [0.5, 0.6) is 0 Å². The minimum absolute atomic E-state index is 0.0126. The van der Waals surface area contributed by atoms with E-state index < -0.39 is 5.97 Å². The van der Waals surface area contributed by atoms with Crippen LogP contribution in [-0.4, -0.2) is 39.0 Å². The van der Waals surface area contributed by atoms with Gasteiger partial charge < -0.3 is 10.0 Å². The molecule has 1 aromatic heterocycles. The molecule has 21 heavy (non-hydrogen) atoms. The molecule has 1 saturated heterocycles. The molecule has 1 N–H and O–H groups in total. The Hall–Kier alpha value is -1.91. The van der Waals surface area contributed by atoms with Crippen molar-refractivity contribution in [2.24, 2.45) is 5.92 Å². The van der Waals surface area contributed by atoms with Crippen LogP contribution in [0.15, 0.2) is 18.3 Å². The Kier molecular flexibility index (Phi) is 3.66. The molecule has 1 aromatic rings. The van der Waals surface area contributed by atoms with Crippen molar-refractivity contribution in [3.8, 4) is 0 Å². The highest BCUT2D eigenvalue weighted by Crippen LogP contribution is 2.40. The van der Waals surface area contributed by atoms with Crippen LogP contribution in [0.25, 0.3) is 0 Å². The molecule has 0 spiro atoms. The van der Waals surface area contributed by atoms with Crippen molar-refractivity contribution in [3.05, 3.63) is 29.6 Å². The molecule has 1 saturated carbocycles. The minimum Gasteiger partial charge on any atom is -0.477 e. The van der Waals surface area contributed by atoms with E-state index in [9.17, 15) is 9.59 Å². The smallest absolute Gasteiger partial charge is 0.354 e. The first-order valence-electron chi connectivity index (χ1n) is 7.60. The Morgan fingerprint density at radius 3 is 2.71 bits per heavy atom. The lowest BCUT2D eigenvalue weighted by atomic mass is 9.85. The average molecular weight is 288 g/mol. The summed E-state index contributed by atoms with van der Waals surface area (Å²) in [6, 6.07) is 3.57. The number of hydrogen-bond donors (Lipinski definition) is 1. The Balaban J connectivity index is 1.82. The summed E-state index contributed by atoms with van der Waals surface area (Å²) in [4.78, 5) is 29.4. The highest BCUT2D eigenvalue weighted by atomic mass is 16.4. The number of amides is 1. The number of carbonyl (C=O) groups is 2. The molecule has 1 aliphatic heterocycles. The van der Waals surface area contributed by atoms with E-state index in [0.717, 1.165) is 12.8 Å². The molecule has 0 aromatic carbocycles. The fraction of sp³-hybridized carbons (Fsp3) is 0.562. The first-order valence-corrected chi connectivity index (χ1v) is 7.60. The molecular weight excluding hydrogens is 268 g/mol. The predicted octanol–water partition coefficient (Wildman–Crippen LogP) is 2.57. The first-order chi connectivity index (χ1) is 10.1.